The van der Waals surface area contributed by atoms with Crippen LogP contribution >= 0.6 is 0 Å². The summed E-state index contributed by atoms with van der Waals surface area (Å²) in [5.74, 6) is -1.08. The fraction of sp³-hybridized carbons (Fsp3) is 0.556. The van der Waals surface area contributed by atoms with Gasteiger partial charge in [-0.25, -0.2) is 13.2 Å². The Morgan fingerprint density at radius 1 is 1.25 bits per heavy atom. The molecule has 1 atom stereocenters. The molecule has 0 aliphatic heterocycles. The molecule has 0 bridgehead atoms. The maximum absolute atomic E-state index is 12.7. The molecule has 10 heteroatoms. The molecule has 1 aliphatic rings. The summed E-state index contributed by atoms with van der Waals surface area (Å²) in [5.41, 5.74) is -0.243. The van der Waals surface area contributed by atoms with Crippen LogP contribution in [0, 0.1) is 16.0 Å². The SMILES string of the molecule is CNC(=O)NC(=O)C(CC1CCCCC1)c1ccc(S(C)(=O)=O)c([N+](=O)[O-])c1. The molecule has 1 unspecified atom stereocenters. The maximum Gasteiger partial charge on any atom is 0.321 e. The smallest absolute Gasteiger partial charge is 0.321 e. The van der Waals surface area contributed by atoms with Gasteiger partial charge in [-0.3, -0.25) is 20.2 Å². The molecule has 0 radical (unpaired) electrons. The maximum atomic E-state index is 12.7. The molecule has 2 rings (SSSR count). The summed E-state index contributed by atoms with van der Waals surface area (Å²) < 4.78 is 23.7. The van der Waals surface area contributed by atoms with E-state index in [-0.39, 0.29) is 5.92 Å². The molecule has 154 valence electrons. The largest absolute Gasteiger partial charge is 0.341 e. The van der Waals surface area contributed by atoms with Gasteiger partial charge in [-0.2, -0.15) is 0 Å². The number of hydrogen-bond acceptors (Lipinski definition) is 6. The minimum Gasteiger partial charge on any atom is -0.341 e. The molecule has 1 fully saturated rings. The molecule has 1 saturated carbocycles. The van der Waals surface area contributed by atoms with Gasteiger partial charge < -0.3 is 5.32 Å². The molecule has 3 amide bonds. The molecule has 0 saturated heterocycles. The van der Waals surface area contributed by atoms with Gasteiger partial charge in [-0.1, -0.05) is 38.2 Å². The summed E-state index contributed by atoms with van der Waals surface area (Å²) in [5, 5.41) is 15.9. The Kier molecular flexibility index (Phi) is 7.11. The summed E-state index contributed by atoms with van der Waals surface area (Å²) in [6, 6.07) is 3.04. The second-order valence-corrected chi connectivity index (χ2v) is 9.10. The van der Waals surface area contributed by atoms with Crippen LogP contribution in [0.2, 0.25) is 0 Å². The molecule has 28 heavy (non-hydrogen) atoms. The predicted molar refractivity (Wildman–Crippen MR) is 103 cm³/mol. The van der Waals surface area contributed by atoms with Crippen LogP contribution in [0.4, 0.5) is 10.5 Å². The van der Waals surface area contributed by atoms with E-state index in [1.807, 2.05) is 0 Å². The lowest BCUT2D eigenvalue weighted by atomic mass is 9.80. The van der Waals surface area contributed by atoms with Gasteiger partial charge in [-0.15, -0.1) is 0 Å². The van der Waals surface area contributed by atoms with Gasteiger partial charge in [0, 0.05) is 19.4 Å². The van der Waals surface area contributed by atoms with Gasteiger partial charge in [0.1, 0.15) is 4.90 Å². The molecule has 0 heterocycles. The fourth-order valence-electron chi connectivity index (χ4n) is 3.62. The van der Waals surface area contributed by atoms with Crippen LogP contribution in [0.25, 0.3) is 0 Å². The van der Waals surface area contributed by atoms with Crippen LogP contribution in [0.5, 0.6) is 0 Å². The molecule has 1 aliphatic carbocycles. The molecule has 0 spiro atoms. The van der Waals surface area contributed by atoms with Crippen molar-refractivity contribution in [3.63, 3.8) is 0 Å². The number of imide groups is 1. The van der Waals surface area contributed by atoms with Crippen molar-refractivity contribution in [3.05, 3.63) is 33.9 Å². The van der Waals surface area contributed by atoms with E-state index in [9.17, 15) is 28.1 Å². The van der Waals surface area contributed by atoms with Crippen molar-refractivity contribution in [3.8, 4) is 0 Å². The zero-order chi connectivity index (χ0) is 20.9. The van der Waals surface area contributed by atoms with E-state index in [4.69, 9.17) is 0 Å². The summed E-state index contributed by atoms with van der Waals surface area (Å²) in [6.45, 7) is 0. The number of nitrogens with one attached hydrogen (secondary N) is 2. The van der Waals surface area contributed by atoms with E-state index in [0.717, 1.165) is 50.5 Å². The Bertz CT molecular complexity index is 862. The predicted octanol–water partition coefficient (Wildman–Crippen LogP) is 2.51. The highest BCUT2D eigenvalue weighted by Gasteiger charge is 2.30. The van der Waals surface area contributed by atoms with Gasteiger partial charge in [0.15, 0.2) is 9.84 Å². The Hall–Kier alpha value is -2.49. The summed E-state index contributed by atoms with van der Waals surface area (Å²) in [6.07, 6.45) is 6.49. The van der Waals surface area contributed by atoms with Crippen LogP contribution < -0.4 is 10.6 Å². The molecular weight excluding hydrogens is 386 g/mol. The molecule has 1 aromatic rings. The highest BCUT2D eigenvalue weighted by atomic mass is 32.2. The Morgan fingerprint density at radius 2 is 1.89 bits per heavy atom. The van der Waals surface area contributed by atoms with E-state index in [1.165, 1.54) is 13.1 Å². The minimum absolute atomic E-state index is 0.267. The van der Waals surface area contributed by atoms with Crippen LogP contribution in [0.1, 0.15) is 50.0 Å². The number of benzene rings is 1. The molecule has 9 nitrogen and oxygen atoms in total. The first kappa shape index (κ1) is 21.8. The van der Waals surface area contributed by atoms with E-state index in [0.29, 0.717) is 12.0 Å². The van der Waals surface area contributed by atoms with Gasteiger partial charge in [0.2, 0.25) is 5.91 Å². The summed E-state index contributed by atoms with van der Waals surface area (Å²) >= 11 is 0. The number of carbonyl (C=O) groups excluding carboxylic acids is 2. The molecule has 1 aromatic carbocycles. The second-order valence-electron chi connectivity index (χ2n) is 7.12. The molecule has 0 aromatic heterocycles. The topological polar surface area (TPSA) is 135 Å². The number of rotatable bonds is 6. The number of urea groups is 1. The Labute approximate surface area is 164 Å². The quantitative estimate of drug-likeness (QED) is 0.545. The van der Waals surface area contributed by atoms with Gasteiger partial charge in [0.25, 0.3) is 5.69 Å². The summed E-state index contributed by atoms with van der Waals surface area (Å²) in [7, 11) is -2.42. The van der Waals surface area contributed by atoms with E-state index >= 15 is 0 Å². The first-order valence-corrected chi connectivity index (χ1v) is 11.0. The van der Waals surface area contributed by atoms with Crippen molar-refractivity contribution in [1.82, 2.24) is 10.6 Å². The standard InChI is InChI=1S/C18H25N3O6S/c1-19-18(23)20-17(22)14(10-12-6-4-3-5-7-12)13-8-9-16(28(2,26)27)15(11-13)21(24)25/h8-9,11-12,14H,3-7,10H2,1-2H3,(H2,19,20,22,23). The lowest BCUT2D eigenvalue weighted by Gasteiger charge is -2.26. The third-order valence-electron chi connectivity index (χ3n) is 5.06. The third-order valence-corrected chi connectivity index (χ3v) is 6.20. The zero-order valence-electron chi connectivity index (χ0n) is 15.9. The lowest BCUT2D eigenvalue weighted by molar-refractivity contribution is -0.387. The number of carbonyl (C=O) groups is 2. The second kappa shape index (κ2) is 9.13. The highest BCUT2D eigenvalue weighted by molar-refractivity contribution is 7.90. The van der Waals surface area contributed by atoms with E-state index in [1.54, 1.807) is 0 Å². The average Bonchev–Trinajstić information content (AvgIpc) is 2.65. The van der Waals surface area contributed by atoms with Crippen molar-refractivity contribution in [2.45, 2.75) is 49.3 Å². The van der Waals surface area contributed by atoms with Crippen LogP contribution in [0.15, 0.2) is 23.1 Å². The van der Waals surface area contributed by atoms with Crippen LogP contribution in [-0.4, -0.2) is 38.6 Å². The van der Waals surface area contributed by atoms with Gasteiger partial charge in [-0.05, 0) is 24.0 Å². The van der Waals surface area contributed by atoms with Crippen molar-refractivity contribution >= 4 is 27.5 Å². The lowest BCUT2D eigenvalue weighted by Crippen LogP contribution is -2.40. The van der Waals surface area contributed by atoms with Crippen LogP contribution in [0.3, 0.4) is 0 Å². The van der Waals surface area contributed by atoms with E-state index < -0.39 is 43.2 Å². The van der Waals surface area contributed by atoms with Gasteiger partial charge in [0.05, 0.1) is 10.8 Å². The number of nitro groups is 1. The number of amides is 3. The summed E-state index contributed by atoms with van der Waals surface area (Å²) in [4.78, 5) is 34.5. The highest BCUT2D eigenvalue weighted by Crippen LogP contribution is 2.35. The van der Waals surface area contributed by atoms with Crippen molar-refractivity contribution in [1.29, 1.82) is 0 Å². The molecular formula is C18H25N3O6S. The minimum atomic E-state index is -3.80. The Balaban J connectivity index is 2.43. The normalized spacial score (nSPS) is 16.2. The number of sulfone groups is 1. The number of nitrogens with zero attached hydrogens (tertiary/aromatic N) is 1. The van der Waals surface area contributed by atoms with Crippen molar-refractivity contribution in [2.75, 3.05) is 13.3 Å². The van der Waals surface area contributed by atoms with E-state index in [2.05, 4.69) is 10.6 Å². The fourth-order valence-corrected chi connectivity index (χ4v) is 4.45. The first-order chi connectivity index (χ1) is 13.1. The average molecular weight is 411 g/mol. The third kappa shape index (κ3) is 5.51. The zero-order valence-corrected chi connectivity index (χ0v) is 16.8. The van der Waals surface area contributed by atoms with Crippen LogP contribution in [-0.2, 0) is 14.6 Å². The Morgan fingerprint density at radius 3 is 2.43 bits per heavy atom. The molecule has 2 N–H and O–H groups in total. The number of nitro benzene ring substituents is 1. The monoisotopic (exact) mass is 411 g/mol. The number of hydrogen-bond donors (Lipinski definition) is 2. The van der Waals surface area contributed by atoms with Crippen molar-refractivity contribution < 1.29 is 22.9 Å². The van der Waals surface area contributed by atoms with Gasteiger partial charge >= 0.3 is 6.03 Å². The van der Waals surface area contributed by atoms with Crippen molar-refractivity contribution in [2.24, 2.45) is 5.92 Å². The first-order valence-electron chi connectivity index (χ1n) is 9.14.